The standard InChI is InChI=1S/C14H22BrN3O2S/c1-11(2)18(10-12-4-3-5-16-7-12)21(19,20)14-6-13(15)8-17-9-14/h6,8-9,11-12,16H,3-5,7,10H2,1-2H3. The van der Waals surface area contributed by atoms with Crippen LogP contribution in [0.15, 0.2) is 27.8 Å². The minimum Gasteiger partial charge on any atom is -0.316 e. The van der Waals surface area contributed by atoms with Gasteiger partial charge in [-0.15, -0.1) is 0 Å². The number of sulfonamides is 1. The minimum absolute atomic E-state index is 0.0732. The van der Waals surface area contributed by atoms with Crippen LogP contribution in [0.5, 0.6) is 0 Å². The van der Waals surface area contributed by atoms with Gasteiger partial charge in [-0.2, -0.15) is 4.31 Å². The van der Waals surface area contributed by atoms with Gasteiger partial charge in [-0.05, 0) is 67.7 Å². The Hall–Kier alpha value is -0.500. The molecule has 1 aliphatic heterocycles. The molecule has 5 nitrogen and oxygen atoms in total. The van der Waals surface area contributed by atoms with Crippen LogP contribution in [-0.4, -0.2) is 43.4 Å². The zero-order valence-corrected chi connectivity index (χ0v) is 14.8. The fourth-order valence-corrected chi connectivity index (χ4v) is 4.81. The molecule has 1 saturated heterocycles. The van der Waals surface area contributed by atoms with Crippen molar-refractivity contribution in [2.24, 2.45) is 5.92 Å². The van der Waals surface area contributed by atoms with Crippen molar-refractivity contribution in [2.75, 3.05) is 19.6 Å². The fourth-order valence-electron chi connectivity index (χ4n) is 2.59. The van der Waals surface area contributed by atoms with Crippen LogP contribution in [0.4, 0.5) is 0 Å². The highest BCUT2D eigenvalue weighted by Gasteiger charge is 2.30. The molecule has 1 aromatic heterocycles. The number of nitrogens with one attached hydrogen (secondary N) is 1. The maximum absolute atomic E-state index is 12.8. The lowest BCUT2D eigenvalue weighted by Crippen LogP contribution is -2.44. The van der Waals surface area contributed by atoms with Crippen molar-refractivity contribution in [3.05, 3.63) is 22.9 Å². The molecule has 0 spiro atoms. The topological polar surface area (TPSA) is 62.3 Å². The van der Waals surface area contributed by atoms with Crippen molar-refractivity contribution in [3.8, 4) is 0 Å². The number of aromatic nitrogens is 1. The first-order valence-electron chi connectivity index (χ1n) is 7.24. The molecule has 21 heavy (non-hydrogen) atoms. The monoisotopic (exact) mass is 375 g/mol. The van der Waals surface area contributed by atoms with Gasteiger partial charge >= 0.3 is 0 Å². The highest BCUT2D eigenvalue weighted by Crippen LogP contribution is 2.23. The molecule has 0 aliphatic carbocycles. The van der Waals surface area contributed by atoms with E-state index in [1.807, 2.05) is 13.8 Å². The average molecular weight is 376 g/mol. The molecule has 0 saturated carbocycles. The van der Waals surface area contributed by atoms with E-state index in [1.54, 1.807) is 16.6 Å². The summed E-state index contributed by atoms with van der Waals surface area (Å²) in [6, 6.07) is 1.53. The van der Waals surface area contributed by atoms with Gasteiger partial charge < -0.3 is 5.32 Å². The Morgan fingerprint density at radius 3 is 2.81 bits per heavy atom. The normalized spacial score (nSPS) is 20.1. The average Bonchev–Trinajstić information content (AvgIpc) is 2.45. The van der Waals surface area contributed by atoms with E-state index < -0.39 is 10.0 Å². The molecule has 0 radical (unpaired) electrons. The van der Waals surface area contributed by atoms with Crippen LogP contribution in [0.3, 0.4) is 0 Å². The summed E-state index contributed by atoms with van der Waals surface area (Å²) in [4.78, 5) is 4.22. The SMILES string of the molecule is CC(C)N(CC1CCCNC1)S(=O)(=O)c1cncc(Br)c1. The third-order valence-corrected chi connectivity index (χ3v) is 6.14. The highest BCUT2D eigenvalue weighted by molar-refractivity contribution is 9.10. The third-order valence-electron chi connectivity index (χ3n) is 3.70. The molecule has 2 rings (SSSR count). The van der Waals surface area contributed by atoms with Gasteiger partial charge in [0.2, 0.25) is 10.0 Å². The van der Waals surface area contributed by atoms with E-state index in [0.29, 0.717) is 16.9 Å². The van der Waals surface area contributed by atoms with E-state index in [9.17, 15) is 8.42 Å². The summed E-state index contributed by atoms with van der Waals surface area (Å²) in [5, 5.41) is 3.34. The number of hydrogen-bond acceptors (Lipinski definition) is 4. The maximum Gasteiger partial charge on any atom is 0.244 e. The Labute approximate surface area is 135 Å². The second kappa shape index (κ2) is 7.17. The lowest BCUT2D eigenvalue weighted by molar-refractivity contribution is 0.264. The summed E-state index contributed by atoms with van der Waals surface area (Å²) in [5.41, 5.74) is 0. The van der Waals surface area contributed by atoms with Crippen molar-refractivity contribution in [1.29, 1.82) is 0 Å². The van der Waals surface area contributed by atoms with Crippen LogP contribution in [-0.2, 0) is 10.0 Å². The van der Waals surface area contributed by atoms with Gasteiger partial charge in [-0.3, -0.25) is 4.98 Å². The van der Waals surface area contributed by atoms with Crippen molar-refractivity contribution in [3.63, 3.8) is 0 Å². The molecule has 1 fully saturated rings. The van der Waals surface area contributed by atoms with Crippen LogP contribution in [0, 0.1) is 5.92 Å². The molecule has 0 amide bonds. The number of halogens is 1. The van der Waals surface area contributed by atoms with Gasteiger partial charge in [0.1, 0.15) is 4.90 Å². The molecule has 1 atom stereocenters. The fraction of sp³-hybridized carbons (Fsp3) is 0.643. The molecule has 1 aromatic rings. The zero-order chi connectivity index (χ0) is 15.5. The van der Waals surface area contributed by atoms with E-state index >= 15 is 0 Å². The van der Waals surface area contributed by atoms with Gasteiger partial charge in [0.05, 0.1) is 0 Å². The predicted octanol–water partition coefficient (Wildman–Crippen LogP) is 2.24. The smallest absolute Gasteiger partial charge is 0.244 e. The molecule has 1 unspecified atom stereocenters. The summed E-state index contributed by atoms with van der Waals surface area (Å²) in [5.74, 6) is 0.371. The van der Waals surface area contributed by atoms with Crippen LogP contribution in [0.1, 0.15) is 26.7 Å². The Balaban J connectivity index is 2.23. The van der Waals surface area contributed by atoms with E-state index in [2.05, 4.69) is 26.2 Å². The maximum atomic E-state index is 12.8. The van der Waals surface area contributed by atoms with Crippen LogP contribution in [0.2, 0.25) is 0 Å². The first kappa shape index (κ1) is 16.9. The largest absolute Gasteiger partial charge is 0.316 e. The second-order valence-electron chi connectivity index (χ2n) is 5.72. The van der Waals surface area contributed by atoms with E-state index in [4.69, 9.17) is 0 Å². The zero-order valence-electron chi connectivity index (χ0n) is 12.4. The van der Waals surface area contributed by atoms with Gasteiger partial charge in [-0.25, -0.2) is 8.42 Å². The number of hydrogen-bond donors (Lipinski definition) is 1. The second-order valence-corrected chi connectivity index (χ2v) is 8.53. The minimum atomic E-state index is -3.51. The number of rotatable bonds is 5. The first-order chi connectivity index (χ1) is 9.91. The molecule has 0 aromatic carbocycles. The Morgan fingerprint density at radius 2 is 2.24 bits per heavy atom. The van der Waals surface area contributed by atoms with E-state index in [1.165, 1.54) is 6.20 Å². The van der Waals surface area contributed by atoms with Crippen molar-refractivity contribution in [1.82, 2.24) is 14.6 Å². The van der Waals surface area contributed by atoms with Crippen molar-refractivity contribution >= 4 is 26.0 Å². The molecule has 118 valence electrons. The number of pyridine rings is 1. The van der Waals surface area contributed by atoms with Crippen LogP contribution >= 0.6 is 15.9 Å². The van der Waals surface area contributed by atoms with Gasteiger partial charge in [0.15, 0.2) is 0 Å². The Morgan fingerprint density at radius 1 is 1.48 bits per heavy atom. The molecular formula is C14H22BrN3O2S. The number of piperidine rings is 1. The lowest BCUT2D eigenvalue weighted by atomic mass is 9.99. The third kappa shape index (κ3) is 4.25. The summed E-state index contributed by atoms with van der Waals surface area (Å²) in [6.45, 7) is 6.30. The number of nitrogens with zero attached hydrogens (tertiary/aromatic N) is 2. The lowest BCUT2D eigenvalue weighted by Gasteiger charge is -2.32. The summed E-state index contributed by atoms with van der Waals surface area (Å²) < 4.78 is 28.0. The van der Waals surface area contributed by atoms with Crippen LogP contribution in [0.25, 0.3) is 0 Å². The molecule has 7 heteroatoms. The summed E-state index contributed by atoms with van der Waals surface area (Å²) in [7, 11) is -3.51. The van der Waals surface area contributed by atoms with Gasteiger partial charge in [-0.1, -0.05) is 0 Å². The van der Waals surface area contributed by atoms with E-state index in [-0.39, 0.29) is 10.9 Å². The predicted molar refractivity (Wildman–Crippen MR) is 86.6 cm³/mol. The van der Waals surface area contributed by atoms with Crippen molar-refractivity contribution in [2.45, 2.75) is 37.6 Å². The van der Waals surface area contributed by atoms with Crippen molar-refractivity contribution < 1.29 is 8.42 Å². The summed E-state index contributed by atoms with van der Waals surface area (Å²) in [6.07, 6.45) is 5.18. The van der Waals surface area contributed by atoms with Crippen LogP contribution < -0.4 is 5.32 Å². The Kier molecular flexibility index (Phi) is 5.76. The molecule has 1 aliphatic rings. The molecule has 1 N–H and O–H groups in total. The quantitative estimate of drug-likeness (QED) is 0.856. The van der Waals surface area contributed by atoms with E-state index in [0.717, 1.165) is 25.9 Å². The van der Waals surface area contributed by atoms with Gasteiger partial charge in [0, 0.05) is 29.5 Å². The Bertz CT molecular complexity index is 571. The highest BCUT2D eigenvalue weighted by atomic mass is 79.9. The van der Waals surface area contributed by atoms with Gasteiger partial charge in [0.25, 0.3) is 0 Å². The first-order valence-corrected chi connectivity index (χ1v) is 9.47. The molecule has 2 heterocycles. The molecule has 0 bridgehead atoms. The summed E-state index contributed by atoms with van der Waals surface area (Å²) >= 11 is 3.28. The molecular weight excluding hydrogens is 354 g/mol.